The number of hydrogen-bond donors (Lipinski definition) is 0. The van der Waals surface area contributed by atoms with E-state index in [4.69, 9.17) is 0 Å². The fraction of sp³-hybridized carbons (Fsp3) is 0.571. The minimum Gasteiger partial charge on any atom is -0.207 e. The standard InChI is InChI=1S/C28H44N2O4S2/c1-5-9-21-29(22-10-6-2)35(31,32)27-17-13-25(14-18-27)26-15-19-28(20-16-26)36(33,34)30(23-11-7-3)24-12-8-4/h13-20H,5-12,21-24H2,1-4H3. The van der Waals surface area contributed by atoms with Gasteiger partial charge in [-0.3, -0.25) is 0 Å². The van der Waals surface area contributed by atoms with Crippen molar-refractivity contribution in [2.75, 3.05) is 26.2 Å². The molecule has 0 heterocycles. The zero-order valence-electron chi connectivity index (χ0n) is 22.4. The SMILES string of the molecule is CCCCN(CCCC)S(=O)(=O)c1ccc(-c2ccc(S(=O)(=O)N(CCCC)CCCC)cc2)cc1. The van der Waals surface area contributed by atoms with Crippen molar-refractivity contribution in [2.24, 2.45) is 0 Å². The zero-order valence-corrected chi connectivity index (χ0v) is 24.1. The first-order valence-corrected chi connectivity index (χ1v) is 16.3. The first-order valence-electron chi connectivity index (χ1n) is 13.4. The second-order valence-electron chi connectivity index (χ2n) is 9.27. The summed E-state index contributed by atoms with van der Waals surface area (Å²) in [6.45, 7) is 10.4. The maximum atomic E-state index is 13.2. The molecule has 0 N–H and O–H groups in total. The molecule has 0 aromatic heterocycles. The van der Waals surface area contributed by atoms with E-state index in [9.17, 15) is 16.8 Å². The van der Waals surface area contributed by atoms with Gasteiger partial charge in [-0.15, -0.1) is 0 Å². The Morgan fingerprint density at radius 1 is 0.472 bits per heavy atom. The molecule has 2 rings (SSSR count). The van der Waals surface area contributed by atoms with Crippen LogP contribution in [-0.2, 0) is 20.0 Å². The van der Waals surface area contributed by atoms with Crippen LogP contribution in [0, 0.1) is 0 Å². The van der Waals surface area contributed by atoms with E-state index < -0.39 is 20.0 Å². The molecule has 0 saturated carbocycles. The quantitative estimate of drug-likeness (QED) is 0.230. The van der Waals surface area contributed by atoms with Crippen LogP contribution in [0.3, 0.4) is 0 Å². The third kappa shape index (κ3) is 8.13. The molecule has 0 atom stereocenters. The van der Waals surface area contributed by atoms with Crippen molar-refractivity contribution in [3.05, 3.63) is 48.5 Å². The molecule has 36 heavy (non-hydrogen) atoms. The van der Waals surface area contributed by atoms with Crippen molar-refractivity contribution in [1.82, 2.24) is 8.61 Å². The van der Waals surface area contributed by atoms with Crippen molar-refractivity contribution in [1.29, 1.82) is 0 Å². The monoisotopic (exact) mass is 536 g/mol. The average molecular weight is 537 g/mol. The van der Waals surface area contributed by atoms with Crippen LogP contribution in [0.2, 0.25) is 0 Å². The second kappa shape index (κ2) is 14.9. The fourth-order valence-electron chi connectivity index (χ4n) is 3.98. The molecule has 6 nitrogen and oxygen atoms in total. The molecular formula is C28H44N2O4S2. The van der Waals surface area contributed by atoms with Crippen LogP contribution in [0.15, 0.2) is 58.3 Å². The number of rotatable bonds is 17. The summed E-state index contributed by atoms with van der Waals surface area (Å²) in [5, 5.41) is 0. The lowest BCUT2D eigenvalue weighted by molar-refractivity contribution is 0.395. The van der Waals surface area contributed by atoms with E-state index in [1.165, 1.54) is 0 Å². The van der Waals surface area contributed by atoms with Crippen molar-refractivity contribution in [3.63, 3.8) is 0 Å². The van der Waals surface area contributed by atoms with Crippen LogP contribution in [0.25, 0.3) is 11.1 Å². The van der Waals surface area contributed by atoms with Crippen molar-refractivity contribution in [2.45, 2.75) is 88.9 Å². The Morgan fingerprint density at radius 2 is 0.722 bits per heavy atom. The number of benzene rings is 2. The predicted molar refractivity (Wildman–Crippen MR) is 149 cm³/mol. The normalized spacial score (nSPS) is 12.5. The summed E-state index contributed by atoms with van der Waals surface area (Å²) in [6, 6.07) is 13.8. The molecule has 2 aromatic carbocycles. The highest BCUT2D eigenvalue weighted by atomic mass is 32.2. The van der Waals surface area contributed by atoms with E-state index in [0.29, 0.717) is 36.0 Å². The molecule has 0 aliphatic heterocycles. The number of unbranched alkanes of at least 4 members (excludes halogenated alkanes) is 4. The van der Waals surface area contributed by atoms with Gasteiger partial charge < -0.3 is 0 Å². The summed E-state index contributed by atoms with van der Waals surface area (Å²) in [4.78, 5) is 0.584. The molecule has 0 amide bonds. The Kier molecular flexibility index (Phi) is 12.6. The number of sulfonamides is 2. The average Bonchev–Trinajstić information content (AvgIpc) is 2.88. The topological polar surface area (TPSA) is 74.8 Å². The van der Waals surface area contributed by atoms with Crippen LogP contribution in [0.5, 0.6) is 0 Å². The Balaban J connectivity index is 2.24. The summed E-state index contributed by atoms with van der Waals surface area (Å²) >= 11 is 0. The van der Waals surface area contributed by atoms with Crippen LogP contribution in [0.4, 0.5) is 0 Å². The second-order valence-corrected chi connectivity index (χ2v) is 13.1. The van der Waals surface area contributed by atoms with Crippen LogP contribution < -0.4 is 0 Å². The van der Waals surface area contributed by atoms with Gasteiger partial charge in [0.2, 0.25) is 20.0 Å². The molecule has 2 aromatic rings. The van der Waals surface area contributed by atoms with E-state index >= 15 is 0 Å². The van der Waals surface area contributed by atoms with Gasteiger partial charge in [0.25, 0.3) is 0 Å². The molecule has 0 radical (unpaired) electrons. The summed E-state index contributed by atoms with van der Waals surface area (Å²) in [7, 11) is -7.09. The van der Waals surface area contributed by atoms with Crippen molar-refractivity contribution < 1.29 is 16.8 Å². The fourth-order valence-corrected chi connectivity index (χ4v) is 7.01. The predicted octanol–water partition coefficient (Wildman–Crippen LogP) is 6.54. The number of nitrogens with zero attached hydrogens (tertiary/aromatic N) is 2. The van der Waals surface area contributed by atoms with Gasteiger partial charge in [-0.25, -0.2) is 16.8 Å². The van der Waals surface area contributed by atoms with Gasteiger partial charge in [-0.05, 0) is 61.1 Å². The van der Waals surface area contributed by atoms with Crippen molar-refractivity contribution >= 4 is 20.0 Å². The zero-order chi connectivity index (χ0) is 26.6. The Morgan fingerprint density at radius 3 is 0.944 bits per heavy atom. The van der Waals surface area contributed by atoms with Gasteiger partial charge in [0.1, 0.15) is 0 Å². The summed E-state index contributed by atoms with van der Waals surface area (Å²) < 4.78 is 56.1. The van der Waals surface area contributed by atoms with E-state index in [0.717, 1.165) is 62.5 Å². The van der Waals surface area contributed by atoms with E-state index in [2.05, 4.69) is 27.7 Å². The maximum Gasteiger partial charge on any atom is 0.243 e. The molecule has 0 bridgehead atoms. The Hall–Kier alpha value is -1.74. The summed E-state index contributed by atoms with van der Waals surface area (Å²) in [5.74, 6) is 0. The summed E-state index contributed by atoms with van der Waals surface area (Å²) in [6.07, 6.45) is 7.12. The molecule has 8 heteroatoms. The third-order valence-electron chi connectivity index (χ3n) is 6.36. The van der Waals surface area contributed by atoms with Gasteiger partial charge >= 0.3 is 0 Å². The molecule has 0 unspecified atom stereocenters. The highest BCUT2D eigenvalue weighted by molar-refractivity contribution is 7.89. The maximum absolute atomic E-state index is 13.2. The van der Waals surface area contributed by atoms with Crippen LogP contribution in [0.1, 0.15) is 79.1 Å². The Bertz CT molecular complexity index is 1010. The third-order valence-corrected chi connectivity index (χ3v) is 10.2. The summed E-state index contributed by atoms with van der Waals surface area (Å²) in [5.41, 5.74) is 1.70. The molecule has 0 spiro atoms. The molecule has 0 fully saturated rings. The minimum atomic E-state index is -3.55. The van der Waals surface area contributed by atoms with Crippen molar-refractivity contribution in [3.8, 4) is 11.1 Å². The molecule has 0 saturated heterocycles. The Labute approximate surface area is 219 Å². The van der Waals surface area contributed by atoms with E-state index in [-0.39, 0.29) is 0 Å². The van der Waals surface area contributed by atoms with Crippen LogP contribution in [-0.4, -0.2) is 51.6 Å². The van der Waals surface area contributed by atoms with Gasteiger partial charge in [0.15, 0.2) is 0 Å². The molecule has 202 valence electrons. The smallest absolute Gasteiger partial charge is 0.207 e. The van der Waals surface area contributed by atoms with Gasteiger partial charge in [0, 0.05) is 26.2 Å². The lowest BCUT2D eigenvalue weighted by atomic mass is 10.1. The van der Waals surface area contributed by atoms with Gasteiger partial charge in [0.05, 0.1) is 9.79 Å². The lowest BCUT2D eigenvalue weighted by Gasteiger charge is -2.22. The van der Waals surface area contributed by atoms with Crippen LogP contribution >= 0.6 is 0 Å². The first-order chi connectivity index (χ1) is 17.2. The molecule has 0 aliphatic carbocycles. The molecule has 0 aliphatic rings. The minimum absolute atomic E-state index is 0.292. The largest absolute Gasteiger partial charge is 0.243 e. The highest BCUT2D eigenvalue weighted by Crippen LogP contribution is 2.26. The van der Waals surface area contributed by atoms with Gasteiger partial charge in [-0.2, -0.15) is 8.61 Å². The lowest BCUT2D eigenvalue weighted by Crippen LogP contribution is -2.33. The first kappa shape index (κ1) is 30.5. The highest BCUT2D eigenvalue weighted by Gasteiger charge is 2.25. The van der Waals surface area contributed by atoms with E-state index in [1.54, 1.807) is 57.1 Å². The molecular weight excluding hydrogens is 492 g/mol. The van der Waals surface area contributed by atoms with Gasteiger partial charge in [-0.1, -0.05) is 77.6 Å². The van der Waals surface area contributed by atoms with E-state index in [1.807, 2.05) is 0 Å². The number of hydrogen-bond acceptors (Lipinski definition) is 4.